The molecule has 3 aromatic rings. The first-order valence-electron chi connectivity index (χ1n) is 8.00. The average Bonchev–Trinajstić information content (AvgIpc) is 2.67. The van der Waals surface area contributed by atoms with Gasteiger partial charge in [-0.25, -0.2) is 0 Å². The number of ether oxygens (including phenoxy) is 1. The minimum absolute atomic E-state index is 0.0169. The van der Waals surface area contributed by atoms with E-state index in [1.165, 1.54) is 11.0 Å². The lowest BCUT2D eigenvalue weighted by molar-refractivity contribution is -0.120. The van der Waals surface area contributed by atoms with Gasteiger partial charge in [-0.2, -0.15) is 0 Å². The number of phenols is 1. The van der Waals surface area contributed by atoms with E-state index >= 15 is 0 Å². The molecule has 0 aliphatic carbocycles. The normalized spacial score (nSPS) is 10.3. The Kier molecular flexibility index (Phi) is 5.71. The van der Waals surface area contributed by atoms with Crippen molar-refractivity contribution in [3.8, 4) is 11.5 Å². The van der Waals surface area contributed by atoms with E-state index in [-0.39, 0.29) is 24.8 Å². The van der Waals surface area contributed by atoms with Crippen LogP contribution in [-0.4, -0.2) is 22.6 Å². The van der Waals surface area contributed by atoms with E-state index in [0.717, 1.165) is 0 Å². The van der Waals surface area contributed by atoms with Crippen molar-refractivity contribution in [2.45, 2.75) is 6.54 Å². The van der Waals surface area contributed by atoms with Crippen molar-refractivity contribution in [2.75, 3.05) is 11.5 Å². The molecule has 26 heavy (non-hydrogen) atoms. The molecule has 1 N–H and O–H groups in total. The number of hydrogen-bond acceptors (Lipinski definition) is 4. The number of rotatable bonds is 6. The topological polar surface area (TPSA) is 62.7 Å². The number of nitrogens with zero attached hydrogens (tertiary/aromatic N) is 2. The first-order valence-corrected chi connectivity index (χ1v) is 8.38. The third-order valence-corrected chi connectivity index (χ3v) is 3.95. The average molecular weight is 369 g/mol. The molecule has 0 saturated heterocycles. The van der Waals surface area contributed by atoms with Crippen molar-refractivity contribution in [3.63, 3.8) is 0 Å². The van der Waals surface area contributed by atoms with Crippen LogP contribution in [0.2, 0.25) is 5.02 Å². The van der Waals surface area contributed by atoms with Crippen molar-refractivity contribution in [1.29, 1.82) is 0 Å². The lowest BCUT2D eigenvalue weighted by Gasteiger charge is -2.23. The zero-order valence-electron chi connectivity index (χ0n) is 13.9. The zero-order valence-corrected chi connectivity index (χ0v) is 14.6. The maximum atomic E-state index is 12.8. The Labute approximate surface area is 156 Å². The number of pyridine rings is 1. The highest BCUT2D eigenvalue weighted by molar-refractivity contribution is 6.30. The Morgan fingerprint density at radius 1 is 1.04 bits per heavy atom. The maximum Gasteiger partial charge on any atom is 0.265 e. The second-order valence-corrected chi connectivity index (χ2v) is 5.97. The minimum atomic E-state index is -0.299. The highest BCUT2D eigenvalue weighted by atomic mass is 35.5. The molecule has 132 valence electrons. The van der Waals surface area contributed by atoms with Crippen LogP contribution in [0.25, 0.3) is 0 Å². The van der Waals surface area contributed by atoms with Gasteiger partial charge in [0.15, 0.2) is 6.61 Å². The summed E-state index contributed by atoms with van der Waals surface area (Å²) < 4.78 is 5.55. The number of aromatic nitrogens is 1. The summed E-state index contributed by atoms with van der Waals surface area (Å²) in [4.78, 5) is 18.5. The summed E-state index contributed by atoms with van der Waals surface area (Å²) in [5.41, 5.74) is 1.11. The van der Waals surface area contributed by atoms with E-state index < -0.39 is 0 Å². The van der Waals surface area contributed by atoms with Crippen LogP contribution >= 0.6 is 11.6 Å². The molecule has 0 saturated carbocycles. The molecule has 0 aliphatic heterocycles. The van der Waals surface area contributed by atoms with Crippen LogP contribution in [-0.2, 0) is 11.3 Å². The Bertz CT molecular complexity index is 870. The quantitative estimate of drug-likeness (QED) is 0.712. The van der Waals surface area contributed by atoms with Gasteiger partial charge in [0.25, 0.3) is 5.91 Å². The molecule has 0 fully saturated rings. The maximum absolute atomic E-state index is 12.8. The van der Waals surface area contributed by atoms with E-state index in [9.17, 15) is 9.90 Å². The van der Waals surface area contributed by atoms with Crippen molar-refractivity contribution >= 4 is 23.2 Å². The van der Waals surface area contributed by atoms with Gasteiger partial charge in [-0.3, -0.25) is 14.7 Å². The number of carbonyl (C=O) groups excluding carboxylic acids is 1. The van der Waals surface area contributed by atoms with Gasteiger partial charge >= 0.3 is 0 Å². The third-order valence-electron chi connectivity index (χ3n) is 3.70. The standard InChI is InChI=1S/C20H17ClN2O3/c21-15-8-10-17(11-9-15)26-14-20(25)23(13-16-5-3-4-12-22-16)18-6-1-2-7-19(18)24/h1-12,24H,13-14H2. The van der Waals surface area contributed by atoms with Crippen LogP contribution in [0.5, 0.6) is 11.5 Å². The summed E-state index contributed by atoms with van der Waals surface area (Å²) in [6.07, 6.45) is 1.66. The highest BCUT2D eigenvalue weighted by Crippen LogP contribution is 2.28. The molecule has 0 radical (unpaired) electrons. The summed E-state index contributed by atoms with van der Waals surface area (Å²) in [5.74, 6) is 0.258. The molecular weight excluding hydrogens is 352 g/mol. The van der Waals surface area contributed by atoms with Crippen LogP contribution in [0.4, 0.5) is 5.69 Å². The molecule has 0 atom stereocenters. The summed E-state index contributed by atoms with van der Waals surface area (Å²) >= 11 is 5.85. The Morgan fingerprint density at radius 2 is 1.77 bits per heavy atom. The predicted molar refractivity (Wildman–Crippen MR) is 100 cm³/mol. The van der Waals surface area contributed by atoms with Gasteiger partial charge in [0.05, 0.1) is 17.9 Å². The minimum Gasteiger partial charge on any atom is -0.506 e. The van der Waals surface area contributed by atoms with Crippen LogP contribution in [0.3, 0.4) is 0 Å². The van der Waals surface area contributed by atoms with Crippen LogP contribution < -0.4 is 9.64 Å². The first-order chi connectivity index (χ1) is 12.6. The predicted octanol–water partition coefficient (Wildman–Crippen LogP) is 4.05. The molecule has 1 heterocycles. The monoisotopic (exact) mass is 368 g/mol. The molecule has 3 rings (SSSR count). The molecule has 5 nitrogen and oxygen atoms in total. The van der Waals surface area contributed by atoms with Gasteiger partial charge in [-0.05, 0) is 48.5 Å². The van der Waals surface area contributed by atoms with Gasteiger partial charge in [-0.1, -0.05) is 29.8 Å². The van der Waals surface area contributed by atoms with Crippen molar-refractivity contribution < 1.29 is 14.6 Å². The zero-order chi connectivity index (χ0) is 18.4. The number of aromatic hydroxyl groups is 1. The largest absolute Gasteiger partial charge is 0.506 e. The molecule has 0 bridgehead atoms. The Morgan fingerprint density at radius 3 is 2.46 bits per heavy atom. The van der Waals surface area contributed by atoms with Gasteiger partial charge in [0.1, 0.15) is 11.5 Å². The first kappa shape index (κ1) is 17.8. The number of para-hydroxylation sites is 2. The SMILES string of the molecule is O=C(COc1ccc(Cl)cc1)N(Cc1ccccn1)c1ccccc1O. The van der Waals surface area contributed by atoms with Crippen LogP contribution in [0.1, 0.15) is 5.69 Å². The number of benzene rings is 2. The van der Waals surface area contributed by atoms with E-state index in [1.807, 2.05) is 12.1 Å². The number of hydrogen-bond donors (Lipinski definition) is 1. The van der Waals surface area contributed by atoms with E-state index in [0.29, 0.717) is 22.2 Å². The number of phenolic OH excluding ortho intramolecular Hbond substituents is 1. The molecule has 0 aliphatic rings. The molecule has 6 heteroatoms. The molecular formula is C20H17ClN2O3. The fourth-order valence-corrected chi connectivity index (χ4v) is 2.53. The lowest BCUT2D eigenvalue weighted by atomic mass is 10.2. The highest BCUT2D eigenvalue weighted by Gasteiger charge is 2.20. The van der Waals surface area contributed by atoms with E-state index in [2.05, 4.69) is 4.98 Å². The Balaban J connectivity index is 1.79. The van der Waals surface area contributed by atoms with Gasteiger partial charge < -0.3 is 9.84 Å². The molecule has 0 unspecified atom stereocenters. The van der Waals surface area contributed by atoms with Crippen molar-refractivity contribution in [3.05, 3.63) is 83.6 Å². The van der Waals surface area contributed by atoms with Crippen molar-refractivity contribution in [1.82, 2.24) is 4.98 Å². The molecule has 2 aromatic carbocycles. The summed E-state index contributed by atoms with van der Waals surface area (Å²) in [7, 11) is 0. The van der Waals surface area contributed by atoms with E-state index in [1.54, 1.807) is 54.7 Å². The van der Waals surface area contributed by atoms with Gasteiger partial charge in [0, 0.05) is 11.2 Å². The van der Waals surface area contributed by atoms with Crippen molar-refractivity contribution in [2.24, 2.45) is 0 Å². The molecule has 0 spiro atoms. The Hall–Kier alpha value is -3.05. The summed E-state index contributed by atoms with van der Waals surface area (Å²) in [5, 5.41) is 10.7. The number of carbonyl (C=O) groups is 1. The van der Waals surface area contributed by atoms with Gasteiger partial charge in [0.2, 0.25) is 0 Å². The summed E-state index contributed by atoms with van der Waals surface area (Å²) in [6.45, 7) is 0.0457. The van der Waals surface area contributed by atoms with Crippen LogP contribution in [0, 0.1) is 0 Å². The fraction of sp³-hybridized carbons (Fsp3) is 0.100. The molecule has 1 aromatic heterocycles. The smallest absolute Gasteiger partial charge is 0.265 e. The number of halogens is 1. The van der Waals surface area contributed by atoms with E-state index in [4.69, 9.17) is 16.3 Å². The molecule has 1 amide bonds. The fourth-order valence-electron chi connectivity index (χ4n) is 2.41. The lowest BCUT2D eigenvalue weighted by Crippen LogP contribution is -2.34. The number of amides is 1. The number of anilines is 1. The van der Waals surface area contributed by atoms with Crippen LogP contribution in [0.15, 0.2) is 72.9 Å². The summed E-state index contributed by atoms with van der Waals surface area (Å²) in [6, 6.07) is 18.9. The second-order valence-electron chi connectivity index (χ2n) is 5.53. The second kappa shape index (κ2) is 8.36. The van der Waals surface area contributed by atoms with Gasteiger partial charge in [-0.15, -0.1) is 0 Å². The third kappa shape index (κ3) is 4.52.